The average molecular weight is 361 g/mol. The number of aryl methyl sites for hydroxylation is 2. The maximum Gasteiger partial charge on any atom is 0.205 e. The van der Waals surface area contributed by atoms with Gasteiger partial charge in [-0.05, 0) is 37.8 Å². The molecular weight excluding hydrogens is 334 g/mol. The number of rotatable bonds is 7. The number of nitrogens with one attached hydrogen (secondary N) is 2. The fraction of sp³-hybridized carbons (Fsp3) is 0.273. The van der Waals surface area contributed by atoms with Crippen molar-refractivity contribution in [3.05, 3.63) is 66.2 Å². The van der Waals surface area contributed by atoms with Gasteiger partial charge in [-0.15, -0.1) is 0 Å². The van der Waals surface area contributed by atoms with Gasteiger partial charge in [0, 0.05) is 30.1 Å². The van der Waals surface area contributed by atoms with Gasteiger partial charge in [0.25, 0.3) is 0 Å². The molecule has 0 saturated heterocycles. The summed E-state index contributed by atoms with van der Waals surface area (Å²) in [4.78, 5) is 8.26. The minimum Gasteiger partial charge on any atom is -0.326 e. The van der Waals surface area contributed by atoms with Crippen molar-refractivity contribution >= 4 is 17.0 Å². The minimum absolute atomic E-state index is 0.696. The Morgan fingerprint density at radius 1 is 1.33 bits per heavy atom. The van der Waals surface area contributed by atoms with Crippen molar-refractivity contribution in [3.63, 3.8) is 0 Å². The topological polar surface area (TPSA) is 58.5 Å². The fourth-order valence-corrected chi connectivity index (χ4v) is 3.23. The molecule has 0 fully saturated rings. The predicted octanol–water partition coefficient (Wildman–Crippen LogP) is 5.36. The predicted molar refractivity (Wildman–Crippen MR) is 114 cm³/mol. The van der Waals surface area contributed by atoms with Crippen molar-refractivity contribution in [1.82, 2.24) is 19.7 Å². The first-order chi connectivity index (χ1) is 12.9. The molecule has 5 nitrogen and oxygen atoms in total. The Morgan fingerprint density at radius 2 is 2.11 bits per heavy atom. The van der Waals surface area contributed by atoms with Gasteiger partial charge in [-0.1, -0.05) is 43.9 Å². The molecule has 0 bridgehead atoms. The fourth-order valence-electron chi connectivity index (χ4n) is 3.23. The molecule has 3 aromatic rings. The molecule has 2 heterocycles. The summed E-state index contributed by atoms with van der Waals surface area (Å²) >= 11 is 0. The van der Waals surface area contributed by atoms with Crippen LogP contribution in [0.25, 0.3) is 22.2 Å². The van der Waals surface area contributed by atoms with E-state index >= 15 is 0 Å². The first-order valence-corrected chi connectivity index (χ1v) is 9.19. The number of hydrogen-bond acceptors (Lipinski definition) is 3. The summed E-state index contributed by atoms with van der Waals surface area (Å²) in [5.74, 6) is 0.696. The lowest BCUT2D eigenvalue weighted by atomic mass is 10.0. The molecule has 3 rings (SSSR count). The van der Waals surface area contributed by atoms with Crippen LogP contribution in [0.15, 0.2) is 60.6 Å². The van der Waals surface area contributed by atoms with Crippen LogP contribution in [0.1, 0.15) is 32.8 Å². The van der Waals surface area contributed by atoms with E-state index in [9.17, 15) is 0 Å². The van der Waals surface area contributed by atoms with E-state index in [0.29, 0.717) is 5.95 Å². The third-order valence-electron chi connectivity index (χ3n) is 4.63. The number of H-pyrrole nitrogens is 1. The third kappa shape index (κ3) is 3.87. The van der Waals surface area contributed by atoms with E-state index in [2.05, 4.69) is 53.7 Å². The maximum absolute atomic E-state index is 4.83. The van der Waals surface area contributed by atoms with E-state index in [1.165, 1.54) is 5.56 Å². The van der Waals surface area contributed by atoms with Crippen molar-refractivity contribution in [2.24, 2.45) is 7.05 Å². The van der Waals surface area contributed by atoms with Gasteiger partial charge in [0.15, 0.2) is 0 Å². The summed E-state index contributed by atoms with van der Waals surface area (Å²) in [6, 6.07) is 4.27. The number of anilines is 1. The summed E-state index contributed by atoms with van der Waals surface area (Å²) in [7, 11) is 1.92. The number of aromatic amines is 1. The molecule has 0 amide bonds. The largest absolute Gasteiger partial charge is 0.326 e. The second-order valence-corrected chi connectivity index (χ2v) is 6.89. The third-order valence-corrected chi connectivity index (χ3v) is 4.63. The SMILES string of the molecule is C=C(C)C/C(=C\C)C(=C)Nc1nc2c(-c3cnn(C)c3)ccc(CC)c2[nH]1. The van der Waals surface area contributed by atoms with E-state index in [-0.39, 0.29) is 0 Å². The van der Waals surface area contributed by atoms with Crippen molar-refractivity contribution in [3.8, 4) is 11.1 Å². The lowest BCUT2D eigenvalue weighted by Gasteiger charge is -2.11. The van der Waals surface area contributed by atoms with E-state index in [1.807, 2.05) is 33.3 Å². The lowest BCUT2D eigenvalue weighted by Crippen LogP contribution is -2.03. The lowest BCUT2D eigenvalue weighted by molar-refractivity contribution is 0.768. The molecular formula is C22H27N5. The standard InChI is InChI=1S/C22H27N5/c1-7-16-9-10-19(18-12-23-27(6)13-18)21-20(16)25-22(26-21)24-15(5)17(8-2)11-14(3)4/h8-10,12-13H,3,5,7,11H2,1-2,4,6H3,(H2,24,25,26)/b17-8+. The molecule has 0 unspecified atom stereocenters. The smallest absolute Gasteiger partial charge is 0.205 e. The number of benzene rings is 1. The van der Waals surface area contributed by atoms with Crippen LogP contribution in [0, 0.1) is 0 Å². The number of nitrogens with zero attached hydrogens (tertiary/aromatic N) is 3. The second-order valence-electron chi connectivity index (χ2n) is 6.89. The monoisotopic (exact) mass is 361 g/mol. The van der Waals surface area contributed by atoms with Crippen molar-refractivity contribution in [1.29, 1.82) is 0 Å². The second kappa shape index (κ2) is 7.66. The molecule has 0 aliphatic heterocycles. The Kier molecular flexibility index (Phi) is 5.31. The molecule has 0 aliphatic rings. The minimum atomic E-state index is 0.696. The molecule has 0 atom stereocenters. The van der Waals surface area contributed by atoms with Crippen LogP contribution in [-0.4, -0.2) is 19.7 Å². The van der Waals surface area contributed by atoms with Gasteiger partial charge < -0.3 is 10.3 Å². The summed E-state index contributed by atoms with van der Waals surface area (Å²) < 4.78 is 1.80. The highest BCUT2D eigenvalue weighted by molar-refractivity contribution is 5.95. The Balaban J connectivity index is 2.01. The average Bonchev–Trinajstić information content (AvgIpc) is 3.24. The van der Waals surface area contributed by atoms with Crippen LogP contribution >= 0.6 is 0 Å². The molecule has 2 aromatic heterocycles. The van der Waals surface area contributed by atoms with Gasteiger partial charge in [-0.2, -0.15) is 5.10 Å². The van der Waals surface area contributed by atoms with Gasteiger partial charge in [0.2, 0.25) is 5.95 Å². The normalized spacial score (nSPS) is 11.8. The molecule has 0 radical (unpaired) electrons. The van der Waals surface area contributed by atoms with E-state index in [0.717, 1.165) is 51.8 Å². The molecule has 140 valence electrons. The van der Waals surface area contributed by atoms with Crippen molar-refractivity contribution in [2.45, 2.75) is 33.6 Å². The Labute approximate surface area is 160 Å². The van der Waals surface area contributed by atoms with Gasteiger partial charge in [-0.3, -0.25) is 4.68 Å². The van der Waals surface area contributed by atoms with Crippen LogP contribution in [0.2, 0.25) is 0 Å². The first-order valence-electron chi connectivity index (χ1n) is 9.19. The Hall–Kier alpha value is -3.08. The van der Waals surface area contributed by atoms with Crippen LogP contribution in [0.3, 0.4) is 0 Å². The Bertz CT molecular complexity index is 1030. The molecule has 0 aliphatic carbocycles. The zero-order valence-corrected chi connectivity index (χ0v) is 16.6. The Morgan fingerprint density at radius 3 is 2.70 bits per heavy atom. The van der Waals surface area contributed by atoms with Crippen LogP contribution in [0.5, 0.6) is 0 Å². The molecule has 5 heteroatoms. The highest BCUT2D eigenvalue weighted by Gasteiger charge is 2.14. The van der Waals surface area contributed by atoms with Crippen LogP contribution in [0.4, 0.5) is 5.95 Å². The van der Waals surface area contributed by atoms with Crippen molar-refractivity contribution < 1.29 is 0 Å². The molecule has 0 saturated carbocycles. The zero-order valence-electron chi connectivity index (χ0n) is 16.6. The van der Waals surface area contributed by atoms with Gasteiger partial charge >= 0.3 is 0 Å². The van der Waals surface area contributed by atoms with E-state index < -0.39 is 0 Å². The number of fused-ring (bicyclic) bond motifs is 1. The first kappa shape index (κ1) is 18.7. The molecule has 1 aromatic carbocycles. The summed E-state index contributed by atoms with van der Waals surface area (Å²) in [6.07, 6.45) is 7.66. The molecule has 27 heavy (non-hydrogen) atoms. The number of hydrogen-bond donors (Lipinski definition) is 2. The molecule has 2 N–H and O–H groups in total. The summed E-state index contributed by atoms with van der Waals surface area (Å²) in [5, 5.41) is 7.62. The van der Waals surface area contributed by atoms with E-state index in [4.69, 9.17) is 4.98 Å². The number of imidazole rings is 1. The highest BCUT2D eigenvalue weighted by atomic mass is 15.2. The summed E-state index contributed by atoms with van der Waals surface area (Å²) in [6.45, 7) is 14.4. The van der Waals surface area contributed by atoms with Gasteiger partial charge in [-0.25, -0.2) is 4.98 Å². The highest BCUT2D eigenvalue weighted by Crippen LogP contribution is 2.31. The van der Waals surface area contributed by atoms with Gasteiger partial charge in [0.1, 0.15) is 0 Å². The maximum atomic E-state index is 4.83. The number of aromatic nitrogens is 4. The molecule has 0 spiro atoms. The number of allylic oxidation sites excluding steroid dienone is 3. The quantitative estimate of drug-likeness (QED) is 0.440. The van der Waals surface area contributed by atoms with Crippen LogP contribution in [-0.2, 0) is 13.5 Å². The van der Waals surface area contributed by atoms with Crippen molar-refractivity contribution in [2.75, 3.05) is 5.32 Å². The van der Waals surface area contributed by atoms with Crippen LogP contribution < -0.4 is 5.32 Å². The summed E-state index contributed by atoms with van der Waals surface area (Å²) in [5.41, 5.74) is 8.40. The van der Waals surface area contributed by atoms with E-state index in [1.54, 1.807) is 4.68 Å². The zero-order chi connectivity index (χ0) is 19.6. The van der Waals surface area contributed by atoms with Gasteiger partial charge in [0.05, 0.1) is 17.2 Å².